The molecule has 0 aliphatic carbocycles. The molecule has 2 N–H and O–H groups in total. The van der Waals surface area contributed by atoms with Gasteiger partial charge in [0, 0.05) is 18.2 Å². The van der Waals surface area contributed by atoms with Gasteiger partial charge >= 0.3 is 0 Å². The van der Waals surface area contributed by atoms with E-state index in [2.05, 4.69) is 9.97 Å². The maximum Gasteiger partial charge on any atom is 0.237 e. The van der Waals surface area contributed by atoms with Crippen molar-refractivity contribution < 1.29 is 13.5 Å². The highest BCUT2D eigenvalue weighted by atomic mass is 19.1. The largest absolute Gasteiger partial charge is 0.437 e. The van der Waals surface area contributed by atoms with Crippen molar-refractivity contribution in [2.75, 3.05) is 5.73 Å². The van der Waals surface area contributed by atoms with Gasteiger partial charge in [0.25, 0.3) is 0 Å². The Balaban J connectivity index is 2.23. The van der Waals surface area contributed by atoms with E-state index in [-0.39, 0.29) is 17.4 Å². The minimum Gasteiger partial charge on any atom is -0.437 e. The Kier molecular flexibility index (Phi) is 2.63. The Morgan fingerprint density at radius 3 is 2.25 bits per heavy atom. The highest BCUT2D eigenvalue weighted by molar-refractivity contribution is 5.29. The lowest BCUT2D eigenvalue weighted by molar-refractivity contribution is 0.449. The van der Waals surface area contributed by atoms with E-state index in [4.69, 9.17) is 10.5 Å². The SMILES string of the molecule is Nc1cnc(Oc2cc(F)cc(F)c2)cn1. The van der Waals surface area contributed by atoms with Crippen LogP contribution in [0.1, 0.15) is 0 Å². The van der Waals surface area contributed by atoms with Crippen LogP contribution in [0.15, 0.2) is 30.6 Å². The zero-order valence-corrected chi connectivity index (χ0v) is 8.02. The molecule has 82 valence electrons. The van der Waals surface area contributed by atoms with E-state index < -0.39 is 11.6 Å². The third-order valence-electron chi connectivity index (χ3n) is 1.71. The summed E-state index contributed by atoms with van der Waals surface area (Å²) in [5.74, 6) is -1.09. The molecule has 0 atom stereocenters. The molecular formula is C10H7F2N3O. The lowest BCUT2D eigenvalue weighted by Gasteiger charge is -2.04. The minimum absolute atomic E-state index is 0.0107. The van der Waals surface area contributed by atoms with Crippen LogP contribution in [-0.4, -0.2) is 9.97 Å². The molecule has 0 radical (unpaired) electrons. The van der Waals surface area contributed by atoms with Crippen LogP contribution >= 0.6 is 0 Å². The fourth-order valence-electron chi connectivity index (χ4n) is 1.09. The van der Waals surface area contributed by atoms with Gasteiger partial charge in [-0.25, -0.2) is 18.7 Å². The molecule has 0 unspecified atom stereocenters. The highest BCUT2D eigenvalue weighted by Crippen LogP contribution is 2.21. The molecule has 16 heavy (non-hydrogen) atoms. The molecule has 2 rings (SSSR count). The van der Waals surface area contributed by atoms with Crippen LogP contribution in [0.5, 0.6) is 11.6 Å². The third-order valence-corrected chi connectivity index (χ3v) is 1.71. The number of aromatic nitrogens is 2. The van der Waals surface area contributed by atoms with Gasteiger partial charge in [0.1, 0.15) is 23.2 Å². The first-order chi connectivity index (χ1) is 7.63. The second-order valence-electron chi connectivity index (χ2n) is 2.99. The van der Waals surface area contributed by atoms with Crippen molar-refractivity contribution in [2.24, 2.45) is 0 Å². The molecular weight excluding hydrogens is 216 g/mol. The Labute approximate surface area is 89.7 Å². The Morgan fingerprint density at radius 1 is 1.00 bits per heavy atom. The zero-order chi connectivity index (χ0) is 11.5. The average molecular weight is 223 g/mol. The van der Waals surface area contributed by atoms with Gasteiger partial charge < -0.3 is 10.5 Å². The third kappa shape index (κ3) is 2.41. The predicted octanol–water partition coefficient (Wildman–Crippen LogP) is 2.13. The number of hydrogen-bond donors (Lipinski definition) is 1. The molecule has 0 aliphatic rings. The lowest BCUT2D eigenvalue weighted by Crippen LogP contribution is -1.94. The molecule has 2 aromatic rings. The van der Waals surface area contributed by atoms with E-state index in [1.165, 1.54) is 12.4 Å². The van der Waals surface area contributed by atoms with E-state index in [9.17, 15) is 8.78 Å². The van der Waals surface area contributed by atoms with Crippen molar-refractivity contribution in [1.82, 2.24) is 9.97 Å². The number of hydrogen-bond acceptors (Lipinski definition) is 4. The standard InChI is InChI=1S/C10H7F2N3O/c11-6-1-7(12)3-8(2-6)16-10-5-14-9(13)4-15-10/h1-5H,(H2,13,14). The van der Waals surface area contributed by atoms with Crippen molar-refractivity contribution in [3.8, 4) is 11.6 Å². The molecule has 0 bridgehead atoms. The van der Waals surface area contributed by atoms with Crippen LogP contribution in [-0.2, 0) is 0 Å². The van der Waals surface area contributed by atoms with E-state index in [0.717, 1.165) is 18.2 Å². The van der Waals surface area contributed by atoms with Gasteiger partial charge in [0.2, 0.25) is 5.88 Å². The molecule has 0 fully saturated rings. The summed E-state index contributed by atoms with van der Waals surface area (Å²) in [6.07, 6.45) is 2.54. The number of anilines is 1. The number of nitrogens with zero attached hydrogens (tertiary/aromatic N) is 2. The van der Waals surface area contributed by atoms with Gasteiger partial charge in [-0.3, -0.25) is 0 Å². The van der Waals surface area contributed by atoms with Gasteiger partial charge in [0.15, 0.2) is 0 Å². The molecule has 0 amide bonds. The van der Waals surface area contributed by atoms with Crippen LogP contribution in [0.25, 0.3) is 0 Å². The van der Waals surface area contributed by atoms with E-state index in [0.29, 0.717) is 0 Å². The Morgan fingerprint density at radius 2 is 1.69 bits per heavy atom. The summed E-state index contributed by atoms with van der Waals surface area (Å²) in [6, 6.07) is 2.84. The topological polar surface area (TPSA) is 61.0 Å². The van der Waals surface area contributed by atoms with Gasteiger partial charge in [-0.05, 0) is 0 Å². The fraction of sp³-hybridized carbons (Fsp3) is 0. The number of rotatable bonds is 2. The predicted molar refractivity (Wildman–Crippen MR) is 52.9 cm³/mol. The number of nitrogen functional groups attached to an aromatic ring is 1. The first kappa shape index (κ1) is 10.3. The summed E-state index contributed by atoms with van der Waals surface area (Å²) in [5, 5.41) is 0. The monoisotopic (exact) mass is 223 g/mol. The summed E-state index contributed by atoms with van der Waals surface area (Å²) in [4.78, 5) is 7.50. The number of benzene rings is 1. The summed E-state index contributed by atoms with van der Waals surface area (Å²) in [5.41, 5.74) is 5.32. The van der Waals surface area contributed by atoms with Crippen LogP contribution in [0, 0.1) is 11.6 Å². The Bertz CT molecular complexity index is 482. The molecule has 0 spiro atoms. The van der Waals surface area contributed by atoms with Crippen molar-refractivity contribution >= 4 is 5.82 Å². The highest BCUT2D eigenvalue weighted by Gasteiger charge is 2.03. The molecule has 0 aliphatic heterocycles. The van der Waals surface area contributed by atoms with Crippen LogP contribution in [0.3, 0.4) is 0 Å². The number of nitrogens with two attached hydrogens (primary N) is 1. The fourth-order valence-corrected chi connectivity index (χ4v) is 1.09. The average Bonchev–Trinajstić information content (AvgIpc) is 2.20. The minimum atomic E-state index is -0.724. The second kappa shape index (κ2) is 4.09. The summed E-state index contributed by atoms with van der Waals surface area (Å²) in [6.45, 7) is 0. The molecule has 0 saturated heterocycles. The van der Waals surface area contributed by atoms with Crippen LogP contribution in [0.4, 0.5) is 14.6 Å². The van der Waals surface area contributed by atoms with Crippen molar-refractivity contribution in [2.45, 2.75) is 0 Å². The van der Waals surface area contributed by atoms with Crippen LogP contribution in [0.2, 0.25) is 0 Å². The molecule has 6 heteroatoms. The smallest absolute Gasteiger partial charge is 0.237 e. The Hall–Kier alpha value is -2.24. The van der Waals surface area contributed by atoms with Crippen molar-refractivity contribution in [3.05, 3.63) is 42.2 Å². The first-order valence-electron chi connectivity index (χ1n) is 4.35. The molecule has 1 aromatic carbocycles. The molecule has 1 aromatic heterocycles. The van der Waals surface area contributed by atoms with Gasteiger partial charge in [0.05, 0.1) is 12.4 Å². The first-order valence-corrected chi connectivity index (χ1v) is 4.35. The molecule has 0 saturated carbocycles. The van der Waals surface area contributed by atoms with Gasteiger partial charge in [-0.15, -0.1) is 0 Å². The van der Waals surface area contributed by atoms with Crippen molar-refractivity contribution in [3.63, 3.8) is 0 Å². The normalized spacial score (nSPS) is 10.1. The van der Waals surface area contributed by atoms with E-state index >= 15 is 0 Å². The summed E-state index contributed by atoms with van der Waals surface area (Å²) in [7, 11) is 0. The number of halogens is 2. The molecule has 1 heterocycles. The van der Waals surface area contributed by atoms with Crippen LogP contribution < -0.4 is 10.5 Å². The number of ether oxygens (including phenoxy) is 1. The maximum absolute atomic E-state index is 12.8. The van der Waals surface area contributed by atoms with Gasteiger partial charge in [-0.1, -0.05) is 0 Å². The summed E-state index contributed by atoms with van der Waals surface area (Å²) < 4.78 is 30.7. The van der Waals surface area contributed by atoms with Crippen molar-refractivity contribution in [1.29, 1.82) is 0 Å². The quantitative estimate of drug-likeness (QED) is 0.847. The lowest BCUT2D eigenvalue weighted by atomic mass is 10.3. The van der Waals surface area contributed by atoms with E-state index in [1.54, 1.807) is 0 Å². The molecule has 4 nitrogen and oxygen atoms in total. The maximum atomic E-state index is 12.8. The second-order valence-corrected chi connectivity index (χ2v) is 2.99. The van der Waals surface area contributed by atoms with E-state index in [1.807, 2.05) is 0 Å². The van der Waals surface area contributed by atoms with Gasteiger partial charge in [-0.2, -0.15) is 0 Å². The summed E-state index contributed by atoms with van der Waals surface area (Å²) >= 11 is 0. The zero-order valence-electron chi connectivity index (χ0n) is 8.02.